The standard InChI is InChI=1S/C27H44O2/c1-17(2)7-6-8-18(3)21-11-12-22-20-10-9-19-15-24(28)25(29)16-27(19,5)23(20)13-14-26(21,22)4/h15,17-18,20-23,25,29H,6-14,16H2,1-5H3/t18-,20+,21-,22+,23+,25?,26-,27+/m1/s1. The van der Waals surface area contributed by atoms with Crippen LogP contribution in [0.15, 0.2) is 11.6 Å². The summed E-state index contributed by atoms with van der Waals surface area (Å²) in [5.41, 5.74) is 1.92. The average molecular weight is 401 g/mol. The van der Waals surface area contributed by atoms with Gasteiger partial charge in [0.2, 0.25) is 0 Å². The Bertz CT molecular complexity index is 663. The lowest BCUT2D eigenvalue weighted by molar-refractivity contribution is -0.128. The lowest BCUT2D eigenvalue weighted by Gasteiger charge is -2.58. The summed E-state index contributed by atoms with van der Waals surface area (Å²) in [5.74, 6) is 4.84. The van der Waals surface area contributed by atoms with Crippen molar-refractivity contribution >= 4 is 5.78 Å². The SMILES string of the molecule is CC(C)CCC[C@@H](C)[C@H]1CC[C@H]2[C@@H]3CCC4=CC(=O)C(O)C[C@]4(C)[C@H]3CC[C@]12C. The Hall–Kier alpha value is -0.630. The molecule has 3 saturated carbocycles. The molecule has 2 heteroatoms. The topological polar surface area (TPSA) is 37.3 Å². The Morgan fingerprint density at radius 3 is 2.55 bits per heavy atom. The predicted octanol–water partition coefficient (Wildman–Crippen LogP) is 6.57. The third-order valence-electron chi connectivity index (χ3n) is 10.2. The first-order valence-corrected chi connectivity index (χ1v) is 12.6. The molecular weight excluding hydrogens is 356 g/mol. The van der Waals surface area contributed by atoms with Gasteiger partial charge in [0.05, 0.1) is 0 Å². The number of allylic oxidation sites excluding steroid dienone is 1. The molecule has 1 unspecified atom stereocenters. The second-order valence-electron chi connectivity index (χ2n) is 12.2. The van der Waals surface area contributed by atoms with Crippen molar-refractivity contribution in [1.29, 1.82) is 0 Å². The molecule has 0 saturated heterocycles. The number of rotatable bonds is 5. The Balaban J connectivity index is 1.51. The van der Waals surface area contributed by atoms with Crippen LogP contribution < -0.4 is 0 Å². The van der Waals surface area contributed by atoms with E-state index in [2.05, 4.69) is 34.6 Å². The molecule has 0 bridgehead atoms. The van der Waals surface area contributed by atoms with E-state index in [1.165, 1.54) is 56.9 Å². The van der Waals surface area contributed by atoms with Gasteiger partial charge in [-0.05, 0) is 97.4 Å². The largest absolute Gasteiger partial charge is 0.385 e. The van der Waals surface area contributed by atoms with Gasteiger partial charge in [-0.15, -0.1) is 0 Å². The van der Waals surface area contributed by atoms with E-state index >= 15 is 0 Å². The molecule has 2 nitrogen and oxygen atoms in total. The van der Waals surface area contributed by atoms with Gasteiger partial charge in [-0.1, -0.05) is 59.5 Å². The molecule has 8 atom stereocenters. The molecule has 0 spiro atoms. The number of hydrogen-bond acceptors (Lipinski definition) is 2. The van der Waals surface area contributed by atoms with Gasteiger partial charge in [0.1, 0.15) is 6.10 Å². The van der Waals surface area contributed by atoms with Crippen LogP contribution in [0.4, 0.5) is 0 Å². The van der Waals surface area contributed by atoms with E-state index in [0.717, 1.165) is 36.0 Å². The Morgan fingerprint density at radius 1 is 1.07 bits per heavy atom. The summed E-state index contributed by atoms with van der Waals surface area (Å²) in [7, 11) is 0. The van der Waals surface area contributed by atoms with Crippen LogP contribution in [0.5, 0.6) is 0 Å². The third kappa shape index (κ3) is 3.56. The highest BCUT2D eigenvalue weighted by Crippen LogP contribution is 2.67. The summed E-state index contributed by atoms with van der Waals surface area (Å²) in [6.07, 6.45) is 13.7. The monoisotopic (exact) mass is 400 g/mol. The van der Waals surface area contributed by atoms with Crippen LogP contribution in [-0.4, -0.2) is 17.0 Å². The Labute approximate surface area is 178 Å². The summed E-state index contributed by atoms with van der Waals surface area (Å²) in [4.78, 5) is 12.1. The predicted molar refractivity (Wildman–Crippen MR) is 119 cm³/mol. The number of aliphatic hydroxyl groups is 1. The summed E-state index contributed by atoms with van der Waals surface area (Å²) >= 11 is 0. The number of fused-ring (bicyclic) bond motifs is 5. The van der Waals surface area contributed by atoms with Crippen LogP contribution >= 0.6 is 0 Å². The van der Waals surface area contributed by atoms with Gasteiger partial charge in [0, 0.05) is 0 Å². The molecule has 4 rings (SSSR count). The van der Waals surface area contributed by atoms with Crippen molar-refractivity contribution in [1.82, 2.24) is 0 Å². The number of ketones is 1. The van der Waals surface area contributed by atoms with Gasteiger partial charge < -0.3 is 5.11 Å². The zero-order valence-electron chi connectivity index (χ0n) is 19.5. The van der Waals surface area contributed by atoms with E-state index in [9.17, 15) is 9.90 Å². The van der Waals surface area contributed by atoms with Gasteiger partial charge in [-0.25, -0.2) is 0 Å². The van der Waals surface area contributed by atoms with Crippen molar-refractivity contribution in [3.63, 3.8) is 0 Å². The number of carbonyl (C=O) groups is 1. The van der Waals surface area contributed by atoms with Gasteiger partial charge in [0.25, 0.3) is 0 Å². The Kier molecular flexibility index (Phi) is 5.82. The number of aliphatic hydroxyl groups excluding tert-OH is 1. The maximum atomic E-state index is 12.1. The van der Waals surface area contributed by atoms with E-state index in [-0.39, 0.29) is 11.2 Å². The van der Waals surface area contributed by atoms with E-state index in [4.69, 9.17) is 0 Å². The Morgan fingerprint density at radius 2 is 1.83 bits per heavy atom. The molecule has 4 aliphatic carbocycles. The van der Waals surface area contributed by atoms with Crippen molar-refractivity contribution < 1.29 is 9.90 Å². The lowest BCUT2D eigenvalue weighted by Crippen LogP contribution is -2.52. The summed E-state index contributed by atoms with van der Waals surface area (Å²) in [5, 5.41) is 10.4. The van der Waals surface area contributed by atoms with Crippen molar-refractivity contribution in [2.45, 2.75) is 105 Å². The molecule has 3 fully saturated rings. The van der Waals surface area contributed by atoms with E-state index in [1.54, 1.807) is 0 Å². The fourth-order valence-corrected chi connectivity index (χ4v) is 8.64. The van der Waals surface area contributed by atoms with Gasteiger partial charge in [-0.2, -0.15) is 0 Å². The molecule has 164 valence electrons. The quantitative estimate of drug-likeness (QED) is 0.567. The fourth-order valence-electron chi connectivity index (χ4n) is 8.64. The molecular formula is C27H44O2. The highest BCUT2D eigenvalue weighted by atomic mass is 16.3. The number of carbonyl (C=O) groups excluding carboxylic acids is 1. The van der Waals surface area contributed by atoms with E-state index in [1.807, 2.05) is 6.08 Å². The highest BCUT2D eigenvalue weighted by Gasteiger charge is 2.60. The molecule has 29 heavy (non-hydrogen) atoms. The molecule has 0 aromatic carbocycles. The van der Waals surface area contributed by atoms with Crippen molar-refractivity contribution in [2.75, 3.05) is 0 Å². The smallest absolute Gasteiger partial charge is 0.184 e. The zero-order chi connectivity index (χ0) is 21.0. The molecule has 0 aromatic heterocycles. The molecule has 0 amide bonds. The van der Waals surface area contributed by atoms with E-state index < -0.39 is 6.10 Å². The summed E-state index contributed by atoms with van der Waals surface area (Å²) in [6, 6.07) is 0. The van der Waals surface area contributed by atoms with Crippen LogP contribution in [0.1, 0.15) is 98.8 Å². The maximum Gasteiger partial charge on any atom is 0.184 e. The van der Waals surface area contributed by atoms with Crippen LogP contribution in [0.25, 0.3) is 0 Å². The van der Waals surface area contributed by atoms with Crippen LogP contribution in [0.3, 0.4) is 0 Å². The first kappa shape index (κ1) is 21.6. The normalized spacial score (nSPS) is 45.4. The number of hydrogen-bond donors (Lipinski definition) is 1. The first-order chi connectivity index (χ1) is 13.7. The molecule has 0 heterocycles. The summed E-state index contributed by atoms with van der Waals surface area (Å²) in [6.45, 7) is 12.2. The van der Waals surface area contributed by atoms with E-state index in [0.29, 0.717) is 17.8 Å². The lowest BCUT2D eigenvalue weighted by atomic mass is 9.46. The second kappa shape index (κ2) is 7.81. The second-order valence-corrected chi connectivity index (χ2v) is 12.2. The van der Waals surface area contributed by atoms with Crippen molar-refractivity contribution in [3.05, 3.63) is 11.6 Å². The molecule has 0 aromatic rings. The molecule has 0 aliphatic heterocycles. The minimum absolute atomic E-state index is 0.0484. The van der Waals surface area contributed by atoms with Crippen molar-refractivity contribution in [2.24, 2.45) is 46.3 Å². The fraction of sp³-hybridized carbons (Fsp3) is 0.889. The molecule has 1 N–H and O–H groups in total. The van der Waals surface area contributed by atoms with Crippen LogP contribution in [0, 0.1) is 46.3 Å². The van der Waals surface area contributed by atoms with Crippen LogP contribution in [0.2, 0.25) is 0 Å². The summed E-state index contributed by atoms with van der Waals surface area (Å²) < 4.78 is 0. The van der Waals surface area contributed by atoms with Gasteiger partial charge in [-0.3, -0.25) is 4.79 Å². The molecule has 0 radical (unpaired) electrons. The van der Waals surface area contributed by atoms with Gasteiger partial charge >= 0.3 is 0 Å². The first-order valence-electron chi connectivity index (χ1n) is 12.6. The minimum atomic E-state index is -0.770. The average Bonchev–Trinajstić information content (AvgIpc) is 3.00. The highest BCUT2D eigenvalue weighted by molar-refractivity contribution is 5.95. The third-order valence-corrected chi connectivity index (χ3v) is 10.2. The van der Waals surface area contributed by atoms with Crippen molar-refractivity contribution in [3.8, 4) is 0 Å². The van der Waals surface area contributed by atoms with Crippen LogP contribution in [-0.2, 0) is 4.79 Å². The van der Waals surface area contributed by atoms with Gasteiger partial charge in [0.15, 0.2) is 5.78 Å². The minimum Gasteiger partial charge on any atom is -0.385 e. The zero-order valence-corrected chi connectivity index (χ0v) is 19.5. The maximum absolute atomic E-state index is 12.1. The molecule has 4 aliphatic rings.